The minimum Gasteiger partial charge on any atom is -0.457 e. The Morgan fingerprint density at radius 3 is 2.57 bits per heavy atom. The van der Waals surface area contributed by atoms with Gasteiger partial charge in [-0.15, -0.1) is 5.10 Å². The summed E-state index contributed by atoms with van der Waals surface area (Å²) in [5.74, 6) is -1.38. The molecular formula is C34H48FN5O6. The van der Waals surface area contributed by atoms with E-state index in [1.165, 1.54) is 6.07 Å². The summed E-state index contributed by atoms with van der Waals surface area (Å²) in [7, 11) is 2.03. The van der Waals surface area contributed by atoms with Gasteiger partial charge in [-0.1, -0.05) is 31.2 Å². The van der Waals surface area contributed by atoms with Gasteiger partial charge < -0.3 is 29.1 Å². The van der Waals surface area contributed by atoms with Crippen LogP contribution in [-0.2, 0) is 24.5 Å². The highest BCUT2D eigenvalue weighted by molar-refractivity contribution is 5.79. The summed E-state index contributed by atoms with van der Waals surface area (Å²) in [5, 5.41) is 19.1. The van der Waals surface area contributed by atoms with Crippen molar-refractivity contribution >= 4 is 29.2 Å². The van der Waals surface area contributed by atoms with E-state index in [1.54, 1.807) is 9.58 Å². The highest BCUT2D eigenvalue weighted by Crippen LogP contribution is 2.33. The average molecular weight is 642 g/mol. The number of hydrogen-bond acceptors (Lipinski definition) is 9. The largest absolute Gasteiger partial charge is 0.457 e. The van der Waals surface area contributed by atoms with E-state index >= 15 is 4.39 Å². The number of amides is 1. The molecule has 3 aliphatic heterocycles. The summed E-state index contributed by atoms with van der Waals surface area (Å²) < 4.78 is 34.6. The van der Waals surface area contributed by atoms with Gasteiger partial charge in [0.15, 0.2) is 5.82 Å². The van der Waals surface area contributed by atoms with E-state index in [9.17, 15) is 14.7 Å². The Labute approximate surface area is 270 Å². The van der Waals surface area contributed by atoms with Crippen LogP contribution in [0, 0.1) is 17.7 Å². The number of carbonyl (C=O) groups is 2. The van der Waals surface area contributed by atoms with Crippen LogP contribution in [0.25, 0.3) is 17.1 Å². The third kappa shape index (κ3) is 7.95. The number of ether oxygens (including phenoxy) is 3. The number of aliphatic hydroxyl groups is 1. The number of benzene rings is 1. The third-order valence-electron chi connectivity index (χ3n) is 9.71. The molecule has 0 unspecified atom stereocenters. The molecule has 11 nitrogen and oxygen atoms in total. The van der Waals surface area contributed by atoms with E-state index in [0.717, 1.165) is 25.9 Å². The number of aromatic nitrogens is 3. The number of cyclic esters (lactones) is 1. The van der Waals surface area contributed by atoms with Crippen molar-refractivity contribution in [1.82, 2.24) is 24.8 Å². The molecule has 0 aliphatic carbocycles. The second kappa shape index (κ2) is 14.6. The van der Waals surface area contributed by atoms with Gasteiger partial charge in [0.25, 0.3) is 0 Å². The van der Waals surface area contributed by atoms with Gasteiger partial charge in [0.1, 0.15) is 17.7 Å². The van der Waals surface area contributed by atoms with Gasteiger partial charge in [-0.2, -0.15) is 0 Å². The van der Waals surface area contributed by atoms with E-state index in [0.29, 0.717) is 55.8 Å². The van der Waals surface area contributed by atoms with Crippen molar-refractivity contribution in [3.05, 3.63) is 41.2 Å². The number of halogens is 1. The summed E-state index contributed by atoms with van der Waals surface area (Å²) in [6.45, 7) is 11.8. The number of fused-ring (bicyclic) bond motifs is 1. The molecular weight excluding hydrogens is 593 g/mol. The smallest absolute Gasteiger partial charge is 0.410 e. The molecule has 252 valence electrons. The standard InChI is InChI=1S/C34H48FN5O6/c1-22-6-8-26(41)21-30(42)46-32(23(2)7-9-29(22)45-33(43)39-14-12-38(5)13-15-39)24(3)18-25-19-27(35)31-28(20-25)40(37-36-31)34(4)10-16-44-17-11-34/h7,9,18-20,22-23,26,29,32,41H,6,8,10-17,21H2,1-5H3/b9-7+,24-18+/t22-,23-,26+,29-,32-/m0/s1. The minimum atomic E-state index is -0.886. The lowest BCUT2D eigenvalue weighted by atomic mass is 9.91. The molecule has 46 heavy (non-hydrogen) atoms. The molecule has 4 heterocycles. The van der Waals surface area contributed by atoms with Crippen LogP contribution in [0.2, 0.25) is 0 Å². The lowest BCUT2D eigenvalue weighted by molar-refractivity contribution is -0.151. The summed E-state index contributed by atoms with van der Waals surface area (Å²) >= 11 is 0. The van der Waals surface area contributed by atoms with E-state index in [1.807, 2.05) is 52.1 Å². The number of rotatable bonds is 4. The number of nitrogens with zero attached hydrogens (tertiary/aromatic N) is 5. The normalized spacial score (nSPS) is 29.5. The summed E-state index contributed by atoms with van der Waals surface area (Å²) in [6.07, 6.45) is 5.42. The molecule has 3 aliphatic rings. The highest BCUT2D eigenvalue weighted by Gasteiger charge is 2.33. The fraction of sp³-hybridized carbons (Fsp3) is 0.647. The molecule has 2 aromatic rings. The fourth-order valence-corrected chi connectivity index (χ4v) is 6.48. The van der Waals surface area contributed by atoms with Crippen LogP contribution >= 0.6 is 0 Å². The zero-order valence-electron chi connectivity index (χ0n) is 27.7. The Balaban J connectivity index is 1.41. The maximum atomic E-state index is 15.3. The van der Waals surface area contributed by atoms with Gasteiger partial charge in [0.2, 0.25) is 0 Å². The Kier molecular flexibility index (Phi) is 10.8. The number of aliphatic hydroxyl groups excluding tert-OH is 1. The predicted molar refractivity (Wildman–Crippen MR) is 171 cm³/mol. The first-order valence-corrected chi connectivity index (χ1v) is 16.4. The predicted octanol–water partition coefficient (Wildman–Crippen LogP) is 4.54. The summed E-state index contributed by atoms with van der Waals surface area (Å²) in [5.41, 5.74) is 1.74. The Morgan fingerprint density at radius 2 is 1.85 bits per heavy atom. The van der Waals surface area contributed by atoms with Crippen molar-refractivity contribution in [3.8, 4) is 0 Å². The number of piperazine rings is 1. The number of likely N-dealkylation sites (N-methyl/N-ethyl adjacent to an activating group) is 1. The van der Waals surface area contributed by atoms with E-state index in [2.05, 4.69) is 22.1 Å². The molecule has 2 fully saturated rings. The van der Waals surface area contributed by atoms with Crippen molar-refractivity contribution in [1.29, 1.82) is 0 Å². The number of hydrogen-bond donors (Lipinski definition) is 1. The van der Waals surface area contributed by atoms with E-state index in [4.69, 9.17) is 14.2 Å². The Bertz CT molecular complexity index is 1440. The molecule has 1 amide bonds. The van der Waals surface area contributed by atoms with Gasteiger partial charge in [-0.25, -0.2) is 13.9 Å². The topological polar surface area (TPSA) is 119 Å². The average Bonchev–Trinajstić information content (AvgIpc) is 3.46. The molecule has 0 radical (unpaired) electrons. The van der Waals surface area contributed by atoms with Gasteiger partial charge in [0.05, 0.1) is 23.6 Å². The zero-order valence-corrected chi connectivity index (χ0v) is 27.7. The van der Waals surface area contributed by atoms with Crippen molar-refractivity contribution in [3.63, 3.8) is 0 Å². The van der Waals surface area contributed by atoms with Crippen LogP contribution in [0.15, 0.2) is 29.9 Å². The Morgan fingerprint density at radius 1 is 1.13 bits per heavy atom. The molecule has 2 saturated heterocycles. The second-order valence-electron chi connectivity index (χ2n) is 13.6. The number of esters is 1. The minimum absolute atomic E-state index is 0.0780. The molecule has 0 spiro atoms. The molecule has 5 rings (SSSR count). The van der Waals surface area contributed by atoms with E-state index < -0.39 is 30.1 Å². The molecule has 5 atom stereocenters. The molecule has 0 bridgehead atoms. The first-order valence-electron chi connectivity index (χ1n) is 16.4. The SMILES string of the molecule is C/C(=C\c1cc(F)c2nnn(C3(C)CCOCC3)c2c1)[C@H]1OC(=O)C[C@H](O)CC[C@H](C)[C@@H](OC(=O)N2CCN(C)CC2)/C=C/[C@@H]1C. The first-order chi connectivity index (χ1) is 21.9. The van der Waals surface area contributed by atoms with Crippen molar-refractivity contribution in [2.45, 2.75) is 83.6 Å². The zero-order chi connectivity index (χ0) is 33.0. The van der Waals surface area contributed by atoms with Crippen LogP contribution in [0.4, 0.5) is 9.18 Å². The third-order valence-corrected chi connectivity index (χ3v) is 9.71. The second-order valence-corrected chi connectivity index (χ2v) is 13.6. The molecule has 1 aromatic heterocycles. The van der Waals surface area contributed by atoms with Crippen LogP contribution < -0.4 is 0 Å². The molecule has 12 heteroatoms. The lowest BCUT2D eigenvalue weighted by Gasteiger charge is -2.33. The van der Waals surface area contributed by atoms with E-state index in [-0.39, 0.29) is 35.4 Å². The van der Waals surface area contributed by atoms with Crippen LogP contribution in [-0.4, -0.2) is 107 Å². The maximum absolute atomic E-state index is 15.3. The lowest BCUT2D eigenvalue weighted by Crippen LogP contribution is -2.48. The summed E-state index contributed by atoms with van der Waals surface area (Å²) in [4.78, 5) is 29.9. The van der Waals surface area contributed by atoms with Gasteiger partial charge in [-0.3, -0.25) is 4.79 Å². The quantitative estimate of drug-likeness (QED) is 0.379. The van der Waals surface area contributed by atoms with Crippen LogP contribution in [0.1, 0.15) is 65.4 Å². The van der Waals surface area contributed by atoms with Gasteiger partial charge in [0, 0.05) is 45.3 Å². The molecule has 1 N–H and O–H groups in total. The summed E-state index contributed by atoms with van der Waals surface area (Å²) in [6, 6.07) is 3.27. The van der Waals surface area contributed by atoms with Crippen molar-refractivity contribution in [2.24, 2.45) is 11.8 Å². The first kappa shape index (κ1) is 34.0. The monoisotopic (exact) mass is 641 g/mol. The Hall–Kier alpha value is -3.35. The van der Waals surface area contributed by atoms with Crippen molar-refractivity contribution in [2.75, 3.05) is 46.4 Å². The molecule has 0 saturated carbocycles. The van der Waals surface area contributed by atoms with Crippen LogP contribution in [0.3, 0.4) is 0 Å². The highest BCUT2D eigenvalue weighted by atomic mass is 19.1. The number of carbonyl (C=O) groups excluding carboxylic acids is 2. The fourth-order valence-electron chi connectivity index (χ4n) is 6.48. The van der Waals surface area contributed by atoms with Gasteiger partial charge in [-0.05, 0) is 81.8 Å². The van der Waals surface area contributed by atoms with Crippen LogP contribution in [0.5, 0.6) is 0 Å². The molecule has 1 aromatic carbocycles. The maximum Gasteiger partial charge on any atom is 0.410 e. The van der Waals surface area contributed by atoms with Crippen molar-refractivity contribution < 1.29 is 33.3 Å². The van der Waals surface area contributed by atoms with Gasteiger partial charge >= 0.3 is 12.1 Å².